The monoisotopic (exact) mass is 340 g/mol. The van der Waals surface area contributed by atoms with Gasteiger partial charge in [0.2, 0.25) is 13.6 Å². The molecule has 0 unspecified atom stereocenters. The molecule has 0 radical (unpaired) electrons. The molecular weight excluding hydrogens is 320 g/mol. The first-order chi connectivity index (χ1) is 12.4. The van der Waals surface area contributed by atoms with Crippen molar-refractivity contribution >= 4 is 11.4 Å². The lowest BCUT2D eigenvalue weighted by Gasteiger charge is -2.36. The van der Waals surface area contributed by atoms with Crippen LogP contribution in [0.5, 0.6) is 23.0 Å². The maximum absolute atomic E-state index is 5.58. The number of hydrogen-bond donors (Lipinski definition) is 1. The van der Waals surface area contributed by atoms with Gasteiger partial charge in [-0.2, -0.15) is 0 Å². The normalized spacial score (nSPS) is 18.4. The number of hydrogen-bond acceptors (Lipinski definition) is 6. The standard InChI is InChI=1S/C19H20N2O4/c1-3-16-18(24-11-22-16)9-14(1)21(13-5-7-20-8-6-13)15-2-4-17-19(10-15)25-12-23-17/h1-4,9-10,13,20H,5-8,11-12H2. The lowest BCUT2D eigenvalue weighted by atomic mass is 10.0. The van der Waals surface area contributed by atoms with E-state index < -0.39 is 0 Å². The lowest BCUT2D eigenvalue weighted by molar-refractivity contribution is 0.173. The highest BCUT2D eigenvalue weighted by molar-refractivity contribution is 5.70. The highest BCUT2D eigenvalue weighted by Gasteiger charge is 2.26. The Balaban J connectivity index is 1.56. The molecule has 3 aliphatic heterocycles. The summed E-state index contributed by atoms with van der Waals surface area (Å²) in [4.78, 5) is 2.38. The Morgan fingerprint density at radius 3 is 1.80 bits per heavy atom. The Hall–Kier alpha value is -2.60. The molecule has 0 bridgehead atoms. The first-order valence-electron chi connectivity index (χ1n) is 8.68. The molecule has 0 aromatic heterocycles. The highest BCUT2D eigenvalue weighted by atomic mass is 16.7. The van der Waals surface area contributed by atoms with Crippen molar-refractivity contribution < 1.29 is 18.9 Å². The number of nitrogens with one attached hydrogen (secondary N) is 1. The zero-order chi connectivity index (χ0) is 16.6. The van der Waals surface area contributed by atoms with Gasteiger partial charge in [0.05, 0.1) is 0 Å². The molecule has 6 nitrogen and oxygen atoms in total. The zero-order valence-electron chi connectivity index (χ0n) is 13.9. The molecule has 6 heteroatoms. The summed E-state index contributed by atoms with van der Waals surface area (Å²) in [5.74, 6) is 3.22. The number of ether oxygens (including phenoxy) is 4. The highest BCUT2D eigenvalue weighted by Crippen LogP contribution is 2.42. The SMILES string of the molecule is c1cc2c(cc1N(c1ccc3c(c1)OCO3)C1CCNCC1)OCO2. The molecule has 0 saturated carbocycles. The van der Waals surface area contributed by atoms with Gasteiger partial charge in [0.1, 0.15) is 0 Å². The lowest BCUT2D eigenvalue weighted by Crippen LogP contribution is -2.40. The summed E-state index contributed by atoms with van der Waals surface area (Å²) in [7, 11) is 0. The molecule has 0 spiro atoms. The van der Waals surface area contributed by atoms with Crippen LogP contribution in [0.15, 0.2) is 36.4 Å². The van der Waals surface area contributed by atoms with Gasteiger partial charge in [0.25, 0.3) is 0 Å². The van der Waals surface area contributed by atoms with E-state index in [1.807, 2.05) is 12.1 Å². The van der Waals surface area contributed by atoms with Crippen molar-refractivity contribution in [2.75, 3.05) is 31.6 Å². The molecule has 0 amide bonds. The van der Waals surface area contributed by atoms with Crippen molar-refractivity contribution in [3.8, 4) is 23.0 Å². The minimum absolute atomic E-state index is 0.288. The molecule has 3 heterocycles. The van der Waals surface area contributed by atoms with E-state index in [4.69, 9.17) is 18.9 Å². The zero-order valence-corrected chi connectivity index (χ0v) is 13.9. The number of benzene rings is 2. The van der Waals surface area contributed by atoms with Gasteiger partial charge in [-0.1, -0.05) is 0 Å². The smallest absolute Gasteiger partial charge is 0.231 e. The summed E-state index contributed by atoms with van der Waals surface area (Å²) >= 11 is 0. The molecule has 5 rings (SSSR count). The number of fused-ring (bicyclic) bond motifs is 2. The van der Waals surface area contributed by atoms with E-state index in [0.29, 0.717) is 6.04 Å². The minimum Gasteiger partial charge on any atom is -0.454 e. The average molecular weight is 340 g/mol. The fourth-order valence-corrected chi connectivity index (χ4v) is 3.71. The number of anilines is 2. The van der Waals surface area contributed by atoms with Gasteiger partial charge >= 0.3 is 0 Å². The Bertz CT molecular complexity index is 731. The third-order valence-corrected chi connectivity index (χ3v) is 4.94. The Kier molecular flexibility index (Phi) is 3.56. The first kappa shape index (κ1) is 14.7. The first-order valence-corrected chi connectivity index (χ1v) is 8.68. The Labute approximate surface area is 146 Å². The number of nitrogens with zero attached hydrogens (tertiary/aromatic N) is 1. The molecular formula is C19H20N2O4. The van der Waals surface area contributed by atoms with Gasteiger partial charge in [0, 0.05) is 29.5 Å². The van der Waals surface area contributed by atoms with E-state index >= 15 is 0 Å². The van der Waals surface area contributed by atoms with Crippen molar-refractivity contribution in [1.29, 1.82) is 0 Å². The van der Waals surface area contributed by atoms with Crippen LogP contribution in [0.3, 0.4) is 0 Å². The van der Waals surface area contributed by atoms with Gasteiger partial charge in [-0.3, -0.25) is 0 Å². The third kappa shape index (κ3) is 2.62. The fraction of sp³-hybridized carbons (Fsp3) is 0.368. The summed E-state index contributed by atoms with van der Waals surface area (Å²) in [5, 5.41) is 3.44. The van der Waals surface area contributed by atoms with Crippen LogP contribution in [-0.2, 0) is 0 Å². The molecule has 2 aromatic carbocycles. The van der Waals surface area contributed by atoms with E-state index in [-0.39, 0.29) is 13.6 Å². The predicted molar refractivity (Wildman–Crippen MR) is 93.2 cm³/mol. The molecule has 0 atom stereocenters. The van der Waals surface area contributed by atoms with Gasteiger partial charge in [-0.25, -0.2) is 0 Å². The van der Waals surface area contributed by atoms with Crippen LogP contribution in [0.4, 0.5) is 11.4 Å². The number of piperidine rings is 1. The van der Waals surface area contributed by atoms with Crippen LogP contribution in [-0.4, -0.2) is 32.7 Å². The minimum atomic E-state index is 0.288. The quantitative estimate of drug-likeness (QED) is 0.927. The average Bonchev–Trinajstić information content (AvgIpc) is 3.31. The van der Waals surface area contributed by atoms with Crippen molar-refractivity contribution in [2.24, 2.45) is 0 Å². The third-order valence-electron chi connectivity index (χ3n) is 4.94. The second-order valence-electron chi connectivity index (χ2n) is 6.43. The molecule has 25 heavy (non-hydrogen) atoms. The molecule has 2 aromatic rings. The molecule has 130 valence electrons. The van der Waals surface area contributed by atoms with E-state index in [9.17, 15) is 0 Å². The van der Waals surface area contributed by atoms with E-state index in [1.165, 1.54) is 0 Å². The van der Waals surface area contributed by atoms with Gasteiger partial charge in [-0.15, -0.1) is 0 Å². The van der Waals surface area contributed by atoms with Crippen molar-refractivity contribution in [2.45, 2.75) is 18.9 Å². The molecule has 1 saturated heterocycles. The van der Waals surface area contributed by atoms with Crippen molar-refractivity contribution in [3.05, 3.63) is 36.4 Å². The largest absolute Gasteiger partial charge is 0.454 e. The van der Waals surface area contributed by atoms with E-state index in [0.717, 1.165) is 60.3 Å². The second kappa shape index (κ2) is 6.04. The van der Waals surface area contributed by atoms with Crippen molar-refractivity contribution in [3.63, 3.8) is 0 Å². The molecule has 1 fully saturated rings. The maximum atomic E-state index is 5.58. The summed E-state index contributed by atoms with van der Waals surface area (Å²) in [5.41, 5.74) is 2.21. The topological polar surface area (TPSA) is 52.2 Å². The van der Waals surface area contributed by atoms with Crippen LogP contribution in [0.1, 0.15) is 12.8 Å². The number of rotatable bonds is 3. The van der Waals surface area contributed by atoms with Crippen LogP contribution in [0.2, 0.25) is 0 Å². The van der Waals surface area contributed by atoms with E-state index in [1.54, 1.807) is 0 Å². The molecule has 3 aliphatic rings. The molecule has 1 N–H and O–H groups in total. The fourth-order valence-electron chi connectivity index (χ4n) is 3.71. The summed E-state index contributed by atoms with van der Waals surface area (Å²) in [6.45, 7) is 2.62. The Morgan fingerprint density at radius 1 is 0.720 bits per heavy atom. The summed E-state index contributed by atoms with van der Waals surface area (Å²) < 4.78 is 22.1. The predicted octanol–water partition coefficient (Wildman–Crippen LogP) is 3.03. The van der Waals surface area contributed by atoms with E-state index in [2.05, 4.69) is 34.5 Å². The van der Waals surface area contributed by atoms with Crippen LogP contribution in [0.25, 0.3) is 0 Å². The summed E-state index contributed by atoms with van der Waals surface area (Å²) in [6, 6.07) is 12.7. The van der Waals surface area contributed by atoms with Crippen LogP contribution >= 0.6 is 0 Å². The maximum Gasteiger partial charge on any atom is 0.231 e. The van der Waals surface area contributed by atoms with Gasteiger partial charge in [0.15, 0.2) is 23.0 Å². The van der Waals surface area contributed by atoms with Gasteiger partial charge < -0.3 is 29.2 Å². The second-order valence-corrected chi connectivity index (χ2v) is 6.43. The van der Waals surface area contributed by atoms with Crippen molar-refractivity contribution in [1.82, 2.24) is 5.32 Å². The summed E-state index contributed by atoms with van der Waals surface area (Å²) in [6.07, 6.45) is 2.17. The van der Waals surface area contributed by atoms with Gasteiger partial charge in [-0.05, 0) is 50.2 Å². The molecule has 0 aliphatic carbocycles. The Morgan fingerprint density at radius 2 is 1.24 bits per heavy atom. The van der Waals surface area contributed by atoms with Crippen LogP contribution < -0.4 is 29.2 Å². The van der Waals surface area contributed by atoms with Crippen LogP contribution in [0, 0.1) is 0 Å².